The summed E-state index contributed by atoms with van der Waals surface area (Å²) in [6.07, 6.45) is 2.89. The zero-order chi connectivity index (χ0) is 16.7. The lowest BCUT2D eigenvalue weighted by Gasteiger charge is -2.17. The minimum absolute atomic E-state index is 0.125. The van der Waals surface area contributed by atoms with Crippen LogP contribution in [0.4, 0.5) is 0 Å². The van der Waals surface area contributed by atoms with Crippen molar-refractivity contribution in [1.29, 1.82) is 0 Å². The molecule has 0 bridgehead atoms. The Labute approximate surface area is 131 Å². The van der Waals surface area contributed by atoms with Crippen molar-refractivity contribution in [3.05, 3.63) is 28.8 Å². The number of carbonyl (C=O) groups is 1. The first-order valence-electron chi connectivity index (χ1n) is 7.76. The van der Waals surface area contributed by atoms with E-state index in [2.05, 4.69) is 13.8 Å². The molecule has 0 fully saturated rings. The van der Waals surface area contributed by atoms with Gasteiger partial charge in [0.2, 0.25) is 0 Å². The normalized spacial score (nSPS) is 13.8. The van der Waals surface area contributed by atoms with Crippen molar-refractivity contribution < 1.29 is 25.2 Å². The first-order valence-corrected chi connectivity index (χ1v) is 7.76. The summed E-state index contributed by atoms with van der Waals surface area (Å²) in [4.78, 5) is 11.2. The van der Waals surface area contributed by atoms with Crippen LogP contribution in [0.25, 0.3) is 0 Å². The highest BCUT2D eigenvalue weighted by atomic mass is 16.4. The highest BCUT2D eigenvalue weighted by Crippen LogP contribution is 2.27. The van der Waals surface area contributed by atoms with Crippen LogP contribution in [-0.2, 0) is 12.8 Å². The van der Waals surface area contributed by atoms with Gasteiger partial charge in [0, 0.05) is 0 Å². The average Bonchev–Trinajstić information content (AvgIpc) is 2.45. The topological polar surface area (TPSA) is 98.0 Å². The molecule has 1 aromatic carbocycles. The summed E-state index contributed by atoms with van der Waals surface area (Å²) in [7, 11) is 0. The Balaban J connectivity index is 3.05. The molecular formula is C17H26O5. The monoisotopic (exact) mass is 310 g/mol. The van der Waals surface area contributed by atoms with Crippen molar-refractivity contribution in [3.63, 3.8) is 0 Å². The Morgan fingerprint density at radius 1 is 1.23 bits per heavy atom. The third-order valence-electron chi connectivity index (χ3n) is 3.86. The van der Waals surface area contributed by atoms with E-state index in [1.807, 2.05) is 0 Å². The molecule has 22 heavy (non-hydrogen) atoms. The van der Waals surface area contributed by atoms with Crippen LogP contribution in [0.1, 0.15) is 54.6 Å². The predicted octanol–water partition coefficient (Wildman–Crippen LogP) is 2.35. The van der Waals surface area contributed by atoms with Crippen LogP contribution in [0.15, 0.2) is 12.1 Å². The molecule has 1 rings (SSSR count). The number of aliphatic hydroxyl groups is 2. The molecule has 4 N–H and O–H groups in total. The number of carboxylic acid groups (broad SMARTS) is 1. The van der Waals surface area contributed by atoms with Gasteiger partial charge in [0.05, 0.1) is 12.7 Å². The Morgan fingerprint density at radius 3 is 2.45 bits per heavy atom. The number of aromatic carboxylic acids is 1. The van der Waals surface area contributed by atoms with Crippen LogP contribution in [0.3, 0.4) is 0 Å². The quantitative estimate of drug-likeness (QED) is 0.561. The maximum Gasteiger partial charge on any atom is 0.339 e. The molecule has 2 unspecified atom stereocenters. The lowest BCUT2D eigenvalue weighted by atomic mass is 9.90. The van der Waals surface area contributed by atoms with E-state index in [9.17, 15) is 15.0 Å². The van der Waals surface area contributed by atoms with Crippen LogP contribution in [0.2, 0.25) is 0 Å². The number of phenols is 1. The van der Waals surface area contributed by atoms with Crippen molar-refractivity contribution in [2.45, 2.75) is 52.1 Å². The van der Waals surface area contributed by atoms with Gasteiger partial charge in [-0.15, -0.1) is 0 Å². The number of carboxylic acids is 1. The molecule has 0 radical (unpaired) electrons. The first-order chi connectivity index (χ1) is 10.4. The number of hydrogen-bond acceptors (Lipinski definition) is 4. The fourth-order valence-corrected chi connectivity index (χ4v) is 2.65. The van der Waals surface area contributed by atoms with Crippen molar-refractivity contribution in [2.24, 2.45) is 5.92 Å². The number of aliphatic hydroxyl groups excluding tert-OH is 2. The molecule has 0 aliphatic heterocycles. The van der Waals surface area contributed by atoms with E-state index < -0.39 is 12.1 Å². The van der Waals surface area contributed by atoms with Crippen molar-refractivity contribution >= 4 is 5.97 Å². The largest absolute Gasteiger partial charge is 0.507 e. The van der Waals surface area contributed by atoms with Crippen LogP contribution in [0.5, 0.6) is 5.75 Å². The molecule has 1 aromatic rings. The minimum Gasteiger partial charge on any atom is -0.507 e. The van der Waals surface area contributed by atoms with Crippen LogP contribution in [-0.4, -0.2) is 39.1 Å². The van der Waals surface area contributed by atoms with Gasteiger partial charge in [-0.3, -0.25) is 0 Å². The van der Waals surface area contributed by atoms with Crippen LogP contribution >= 0.6 is 0 Å². The molecule has 0 aliphatic rings. The van der Waals surface area contributed by atoms with E-state index in [0.717, 1.165) is 30.4 Å². The van der Waals surface area contributed by atoms with Crippen molar-refractivity contribution in [1.82, 2.24) is 0 Å². The second-order valence-electron chi connectivity index (χ2n) is 5.92. The molecule has 0 aliphatic carbocycles. The van der Waals surface area contributed by atoms with Crippen molar-refractivity contribution in [3.8, 4) is 5.75 Å². The molecule has 0 saturated heterocycles. The summed E-state index contributed by atoms with van der Waals surface area (Å²) in [6.45, 7) is 3.92. The molecule has 0 saturated carbocycles. The average molecular weight is 310 g/mol. The van der Waals surface area contributed by atoms with Gasteiger partial charge in [-0.05, 0) is 48.4 Å². The maximum absolute atomic E-state index is 11.2. The standard InChI is InChI=1S/C17H26O5/c1-3-4-11(2)7-13-9-16(20)15(17(21)22)8-12(13)5-6-14(19)10-18/h8-9,11,14,18-20H,3-7,10H2,1-2H3,(H,21,22). The Bertz CT molecular complexity index is 498. The van der Waals surface area contributed by atoms with Gasteiger partial charge in [0.15, 0.2) is 0 Å². The van der Waals surface area contributed by atoms with E-state index in [1.165, 1.54) is 12.1 Å². The smallest absolute Gasteiger partial charge is 0.339 e. The van der Waals surface area contributed by atoms with E-state index in [4.69, 9.17) is 10.2 Å². The minimum atomic E-state index is -1.17. The molecule has 0 spiro atoms. The number of benzene rings is 1. The van der Waals surface area contributed by atoms with Gasteiger partial charge in [-0.25, -0.2) is 4.79 Å². The molecular weight excluding hydrogens is 284 g/mol. The van der Waals surface area contributed by atoms with Crippen molar-refractivity contribution in [2.75, 3.05) is 6.61 Å². The second kappa shape index (κ2) is 8.76. The van der Waals surface area contributed by atoms with E-state index >= 15 is 0 Å². The third-order valence-corrected chi connectivity index (χ3v) is 3.86. The molecule has 0 amide bonds. The molecule has 124 valence electrons. The zero-order valence-electron chi connectivity index (χ0n) is 13.2. The molecule has 5 heteroatoms. The molecule has 0 heterocycles. The number of aromatic hydroxyl groups is 1. The van der Waals surface area contributed by atoms with Crippen LogP contribution in [0, 0.1) is 5.92 Å². The highest BCUT2D eigenvalue weighted by Gasteiger charge is 2.16. The van der Waals surface area contributed by atoms with Gasteiger partial charge in [-0.1, -0.05) is 26.7 Å². The molecule has 2 atom stereocenters. The third kappa shape index (κ3) is 5.31. The Hall–Kier alpha value is -1.59. The SMILES string of the molecule is CCCC(C)Cc1cc(O)c(C(=O)O)cc1CCC(O)CO. The fourth-order valence-electron chi connectivity index (χ4n) is 2.65. The van der Waals surface area contributed by atoms with Gasteiger partial charge >= 0.3 is 5.97 Å². The maximum atomic E-state index is 11.2. The Morgan fingerprint density at radius 2 is 1.91 bits per heavy atom. The van der Waals surface area contributed by atoms with Gasteiger partial charge in [-0.2, -0.15) is 0 Å². The second-order valence-corrected chi connectivity index (χ2v) is 5.92. The lowest BCUT2D eigenvalue weighted by Crippen LogP contribution is -2.14. The first kappa shape index (κ1) is 18.5. The van der Waals surface area contributed by atoms with E-state index in [1.54, 1.807) is 0 Å². The Kier molecular flexibility index (Phi) is 7.35. The number of rotatable bonds is 9. The van der Waals surface area contributed by atoms with Gasteiger partial charge < -0.3 is 20.4 Å². The van der Waals surface area contributed by atoms with Crippen LogP contribution < -0.4 is 0 Å². The van der Waals surface area contributed by atoms with Gasteiger partial charge in [0.1, 0.15) is 11.3 Å². The summed E-state index contributed by atoms with van der Waals surface area (Å²) in [5.41, 5.74) is 1.60. The predicted molar refractivity (Wildman–Crippen MR) is 84.3 cm³/mol. The summed E-state index contributed by atoms with van der Waals surface area (Å²) in [5, 5.41) is 37.4. The molecule has 0 aromatic heterocycles. The number of hydrogen-bond donors (Lipinski definition) is 4. The summed E-state index contributed by atoms with van der Waals surface area (Å²) in [6, 6.07) is 3.01. The molecule has 5 nitrogen and oxygen atoms in total. The lowest BCUT2D eigenvalue weighted by molar-refractivity contribution is 0.0693. The summed E-state index contributed by atoms with van der Waals surface area (Å²) in [5.74, 6) is -0.964. The van der Waals surface area contributed by atoms with E-state index in [0.29, 0.717) is 18.8 Å². The summed E-state index contributed by atoms with van der Waals surface area (Å²) >= 11 is 0. The van der Waals surface area contributed by atoms with Gasteiger partial charge in [0.25, 0.3) is 0 Å². The number of aryl methyl sites for hydroxylation is 1. The fraction of sp³-hybridized carbons (Fsp3) is 0.588. The van der Waals surface area contributed by atoms with E-state index in [-0.39, 0.29) is 17.9 Å². The summed E-state index contributed by atoms with van der Waals surface area (Å²) < 4.78 is 0. The zero-order valence-corrected chi connectivity index (χ0v) is 13.2. The highest BCUT2D eigenvalue weighted by molar-refractivity contribution is 5.91.